The first-order chi connectivity index (χ1) is 14.6. The van der Waals surface area contributed by atoms with Crippen LogP contribution in [0.2, 0.25) is 0 Å². The van der Waals surface area contributed by atoms with Gasteiger partial charge in [0.1, 0.15) is 5.52 Å². The van der Waals surface area contributed by atoms with E-state index in [0.717, 1.165) is 4.88 Å². The van der Waals surface area contributed by atoms with Crippen LogP contribution in [0.4, 0.5) is 0 Å². The van der Waals surface area contributed by atoms with Crippen LogP contribution in [0.3, 0.4) is 0 Å². The molecular formula is C23H29N5O2S. The van der Waals surface area contributed by atoms with Crippen molar-refractivity contribution in [1.29, 1.82) is 0 Å². The van der Waals surface area contributed by atoms with E-state index in [9.17, 15) is 9.59 Å². The number of carbonyl (C=O) groups excluding carboxylic acids is 2. The summed E-state index contributed by atoms with van der Waals surface area (Å²) < 4.78 is 0. The first kappa shape index (κ1) is 21.5. The second-order valence-electron chi connectivity index (χ2n) is 9.48. The SMILES string of the molecule is CC(NC(=O)c1ccc(-c2cnc3[nH]cc(C(=O)NC(C)C(C)(C)C)c3n2)s1)C1CC1. The molecule has 0 aromatic carbocycles. The molecule has 1 fully saturated rings. The number of hydrogen-bond acceptors (Lipinski definition) is 5. The largest absolute Gasteiger partial charge is 0.349 e. The van der Waals surface area contributed by atoms with E-state index in [4.69, 9.17) is 4.98 Å². The summed E-state index contributed by atoms with van der Waals surface area (Å²) >= 11 is 1.38. The Hall–Kier alpha value is -2.74. The van der Waals surface area contributed by atoms with Crippen LogP contribution in [-0.4, -0.2) is 38.8 Å². The molecule has 1 aliphatic rings. The van der Waals surface area contributed by atoms with Gasteiger partial charge in [0.25, 0.3) is 11.8 Å². The minimum atomic E-state index is -0.180. The first-order valence-corrected chi connectivity index (χ1v) is 11.5. The minimum absolute atomic E-state index is 0.00232. The van der Waals surface area contributed by atoms with Gasteiger partial charge in [-0.15, -0.1) is 11.3 Å². The lowest BCUT2D eigenvalue weighted by Gasteiger charge is -2.27. The molecule has 2 amide bonds. The van der Waals surface area contributed by atoms with Crippen LogP contribution in [0.1, 0.15) is 67.5 Å². The van der Waals surface area contributed by atoms with E-state index in [1.807, 2.05) is 19.1 Å². The summed E-state index contributed by atoms with van der Waals surface area (Å²) in [6.45, 7) is 10.3. The second-order valence-corrected chi connectivity index (χ2v) is 10.6. The van der Waals surface area contributed by atoms with Gasteiger partial charge in [0.05, 0.1) is 27.2 Å². The Balaban J connectivity index is 1.55. The summed E-state index contributed by atoms with van der Waals surface area (Å²) in [5, 5.41) is 6.13. The van der Waals surface area contributed by atoms with Gasteiger partial charge in [-0.2, -0.15) is 0 Å². The highest BCUT2D eigenvalue weighted by Crippen LogP contribution is 2.33. The molecule has 2 unspecified atom stereocenters. The van der Waals surface area contributed by atoms with Crippen molar-refractivity contribution in [3.8, 4) is 10.6 Å². The zero-order chi connectivity index (χ0) is 22.3. The highest BCUT2D eigenvalue weighted by atomic mass is 32.1. The number of carbonyl (C=O) groups is 2. The van der Waals surface area contributed by atoms with Crippen molar-refractivity contribution in [2.75, 3.05) is 0 Å². The average Bonchev–Trinajstić information content (AvgIpc) is 3.29. The van der Waals surface area contributed by atoms with Crippen LogP contribution in [0.15, 0.2) is 24.5 Å². The molecule has 164 valence electrons. The predicted molar refractivity (Wildman–Crippen MR) is 123 cm³/mol. The molecule has 0 saturated heterocycles. The molecule has 0 aliphatic heterocycles. The lowest BCUT2D eigenvalue weighted by atomic mass is 9.88. The summed E-state index contributed by atoms with van der Waals surface area (Å²) in [6, 6.07) is 3.89. The topological polar surface area (TPSA) is 99.8 Å². The van der Waals surface area contributed by atoms with Crippen molar-refractivity contribution in [2.45, 2.75) is 59.5 Å². The third-order valence-corrected chi connectivity index (χ3v) is 7.15. The number of amides is 2. The molecule has 31 heavy (non-hydrogen) atoms. The van der Waals surface area contributed by atoms with Gasteiger partial charge in [-0.05, 0) is 50.2 Å². The first-order valence-electron chi connectivity index (χ1n) is 10.7. The van der Waals surface area contributed by atoms with Crippen LogP contribution < -0.4 is 10.6 Å². The molecule has 2 atom stereocenters. The third-order valence-electron chi connectivity index (χ3n) is 6.04. The Labute approximate surface area is 186 Å². The molecule has 7 nitrogen and oxygen atoms in total. The number of aromatic amines is 1. The van der Waals surface area contributed by atoms with Gasteiger partial charge in [0.2, 0.25) is 0 Å². The normalized spacial score (nSPS) is 16.2. The van der Waals surface area contributed by atoms with E-state index < -0.39 is 0 Å². The predicted octanol–water partition coefficient (Wildman–Crippen LogP) is 4.38. The minimum Gasteiger partial charge on any atom is -0.349 e. The van der Waals surface area contributed by atoms with Crippen LogP contribution in [0, 0.1) is 11.3 Å². The Morgan fingerprint density at radius 1 is 1.16 bits per heavy atom. The molecule has 3 N–H and O–H groups in total. The summed E-state index contributed by atoms with van der Waals surface area (Å²) in [5.41, 5.74) is 2.14. The number of fused-ring (bicyclic) bond motifs is 1. The van der Waals surface area contributed by atoms with Gasteiger partial charge >= 0.3 is 0 Å². The average molecular weight is 440 g/mol. The molecule has 0 spiro atoms. The zero-order valence-corrected chi connectivity index (χ0v) is 19.4. The zero-order valence-electron chi connectivity index (χ0n) is 18.6. The summed E-state index contributed by atoms with van der Waals surface area (Å²) in [4.78, 5) is 39.0. The Morgan fingerprint density at radius 2 is 1.90 bits per heavy atom. The van der Waals surface area contributed by atoms with E-state index in [1.165, 1.54) is 24.2 Å². The van der Waals surface area contributed by atoms with Gasteiger partial charge in [0.15, 0.2) is 5.65 Å². The number of thiophene rings is 1. The van der Waals surface area contributed by atoms with Crippen molar-refractivity contribution in [3.63, 3.8) is 0 Å². The van der Waals surface area contributed by atoms with E-state index in [1.54, 1.807) is 12.4 Å². The fourth-order valence-electron chi connectivity index (χ4n) is 3.26. The standard InChI is InChI=1S/C23H29N5O2S/c1-12(14-6-7-14)26-22(30)18-9-8-17(31-18)16-11-25-20-19(28-16)15(10-24-20)21(29)27-13(2)23(3,4)5/h8-14H,6-7H2,1-5H3,(H,24,25)(H,26,30)(H,27,29). The Morgan fingerprint density at radius 3 is 2.58 bits per heavy atom. The lowest BCUT2D eigenvalue weighted by Crippen LogP contribution is -2.41. The smallest absolute Gasteiger partial charge is 0.261 e. The third kappa shape index (κ3) is 4.63. The van der Waals surface area contributed by atoms with Gasteiger partial charge in [-0.1, -0.05) is 20.8 Å². The fourth-order valence-corrected chi connectivity index (χ4v) is 4.13. The molecule has 0 bridgehead atoms. The number of H-pyrrole nitrogens is 1. The van der Waals surface area contributed by atoms with Gasteiger partial charge < -0.3 is 15.6 Å². The van der Waals surface area contributed by atoms with Gasteiger partial charge in [-0.3, -0.25) is 9.59 Å². The molecular weight excluding hydrogens is 410 g/mol. The van der Waals surface area contributed by atoms with Crippen molar-refractivity contribution in [1.82, 2.24) is 25.6 Å². The monoisotopic (exact) mass is 439 g/mol. The lowest BCUT2D eigenvalue weighted by molar-refractivity contribution is 0.0909. The molecule has 3 aromatic rings. The molecule has 1 aliphatic carbocycles. The maximum Gasteiger partial charge on any atom is 0.261 e. The second kappa shape index (κ2) is 8.07. The molecule has 0 radical (unpaired) electrons. The van der Waals surface area contributed by atoms with Crippen molar-refractivity contribution >= 4 is 34.3 Å². The fraction of sp³-hybridized carbons (Fsp3) is 0.478. The Bertz CT molecular complexity index is 1120. The summed E-state index contributed by atoms with van der Waals surface area (Å²) in [6.07, 6.45) is 5.69. The molecule has 1 saturated carbocycles. The van der Waals surface area contributed by atoms with Crippen molar-refractivity contribution in [2.24, 2.45) is 11.3 Å². The van der Waals surface area contributed by atoms with Crippen molar-refractivity contribution in [3.05, 3.63) is 35.0 Å². The van der Waals surface area contributed by atoms with Crippen LogP contribution in [-0.2, 0) is 0 Å². The van der Waals surface area contributed by atoms with Crippen LogP contribution in [0.5, 0.6) is 0 Å². The van der Waals surface area contributed by atoms with Gasteiger partial charge in [-0.25, -0.2) is 9.97 Å². The molecule has 4 rings (SSSR count). The van der Waals surface area contributed by atoms with E-state index >= 15 is 0 Å². The number of nitrogens with one attached hydrogen (secondary N) is 3. The van der Waals surface area contributed by atoms with E-state index in [0.29, 0.717) is 33.2 Å². The van der Waals surface area contributed by atoms with E-state index in [-0.39, 0.29) is 29.3 Å². The van der Waals surface area contributed by atoms with Crippen molar-refractivity contribution < 1.29 is 9.59 Å². The summed E-state index contributed by atoms with van der Waals surface area (Å²) in [5.74, 6) is 0.374. The molecule has 3 aromatic heterocycles. The number of aromatic nitrogens is 3. The summed E-state index contributed by atoms with van der Waals surface area (Å²) in [7, 11) is 0. The van der Waals surface area contributed by atoms with Crippen LogP contribution in [0.25, 0.3) is 21.7 Å². The highest BCUT2D eigenvalue weighted by Gasteiger charge is 2.29. The molecule has 8 heteroatoms. The Kier molecular flexibility index (Phi) is 5.60. The maximum atomic E-state index is 12.8. The number of hydrogen-bond donors (Lipinski definition) is 3. The van der Waals surface area contributed by atoms with Gasteiger partial charge in [0, 0.05) is 18.3 Å². The number of nitrogens with zero attached hydrogens (tertiary/aromatic N) is 2. The number of rotatable bonds is 6. The maximum absolute atomic E-state index is 12.8. The quantitative estimate of drug-likeness (QED) is 0.531. The molecule has 3 heterocycles. The van der Waals surface area contributed by atoms with E-state index in [2.05, 4.69) is 48.3 Å². The highest BCUT2D eigenvalue weighted by molar-refractivity contribution is 7.17. The van der Waals surface area contributed by atoms with Crippen LogP contribution >= 0.6 is 11.3 Å².